The third-order valence-corrected chi connectivity index (χ3v) is 4.31. The number of nitrogens with two attached hydrogens (primary N) is 1. The van der Waals surface area contributed by atoms with Crippen molar-refractivity contribution < 1.29 is 9.13 Å². The quantitative estimate of drug-likeness (QED) is 0.905. The molecule has 2 N–H and O–H groups in total. The van der Waals surface area contributed by atoms with Crippen molar-refractivity contribution in [1.82, 2.24) is 4.98 Å². The van der Waals surface area contributed by atoms with Crippen LogP contribution in [-0.2, 0) is 19.4 Å². The fourth-order valence-corrected chi connectivity index (χ4v) is 2.80. The fraction of sp³-hybridized carbons (Fsp3) is 0.312. The molecule has 0 aliphatic heterocycles. The van der Waals surface area contributed by atoms with Crippen LogP contribution in [0.5, 0.6) is 11.6 Å². The molecule has 0 bridgehead atoms. The zero-order valence-corrected chi connectivity index (χ0v) is 13.1. The molecule has 0 unspecified atom stereocenters. The van der Waals surface area contributed by atoms with Crippen LogP contribution in [0.15, 0.2) is 28.7 Å². The van der Waals surface area contributed by atoms with Crippen molar-refractivity contribution in [3.8, 4) is 11.6 Å². The summed E-state index contributed by atoms with van der Waals surface area (Å²) in [4.78, 5) is 4.60. The van der Waals surface area contributed by atoms with Crippen LogP contribution < -0.4 is 10.5 Å². The molecule has 1 aromatic carbocycles. The van der Waals surface area contributed by atoms with Crippen LogP contribution in [0.3, 0.4) is 0 Å². The highest BCUT2D eigenvalue weighted by Crippen LogP contribution is 2.30. The highest BCUT2D eigenvalue weighted by Gasteiger charge is 2.16. The van der Waals surface area contributed by atoms with Gasteiger partial charge in [0, 0.05) is 23.9 Å². The lowest BCUT2D eigenvalue weighted by atomic mass is 9.95. The van der Waals surface area contributed by atoms with Gasteiger partial charge in [-0.2, -0.15) is 0 Å². The molecule has 0 radical (unpaired) electrons. The van der Waals surface area contributed by atoms with Crippen LogP contribution in [0.1, 0.15) is 29.7 Å². The number of benzene rings is 1. The Morgan fingerprint density at radius 2 is 2.05 bits per heavy atom. The maximum Gasteiger partial charge on any atom is 0.223 e. The number of fused-ring (bicyclic) bond motifs is 1. The predicted molar refractivity (Wildman–Crippen MR) is 82.9 cm³/mol. The Bertz CT molecular complexity index is 676. The third kappa shape index (κ3) is 3.09. The molecule has 0 amide bonds. The lowest BCUT2D eigenvalue weighted by Crippen LogP contribution is -2.10. The Balaban J connectivity index is 1.95. The molecule has 5 heteroatoms. The second-order valence-corrected chi connectivity index (χ2v) is 6.00. The zero-order valence-electron chi connectivity index (χ0n) is 11.5. The molecule has 21 heavy (non-hydrogen) atoms. The van der Waals surface area contributed by atoms with Crippen LogP contribution in [0.25, 0.3) is 0 Å². The van der Waals surface area contributed by atoms with Gasteiger partial charge in [-0.1, -0.05) is 0 Å². The molecule has 1 aliphatic carbocycles. The first kappa shape index (κ1) is 14.5. The molecule has 0 spiro atoms. The van der Waals surface area contributed by atoms with Gasteiger partial charge < -0.3 is 10.5 Å². The van der Waals surface area contributed by atoms with Gasteiger partial charge in [0.25, 0.3) is 0 Å². The maximum atomic E-state index is 13.6. The maximum absolute atomic E-state index is 13.6. The molecule has 110 valence electrons. The van der Waals surface area contributed by atoms with Gasteiger partial charge in [0.15, 0.2) is 0 Å². The summed E-state index contributed by atoms with van der Waals surface area (Å²) in [6, 6.07) is 6.73. The largest absolute Gasteiger partial charge is 0.439 e. The minimum atomic E-state index is -0.361. The number of aryl methyl sites for hydroxylation is 2. The SMILES string of the molecule is NCc1cc2c(nc1Oc1ccc(Br)c(F)c1)CCCC2. The first-order chi connectivity index (χ1) is 10.2. The van der Waals surface area contributed by atoms with Crippen molar-refractivity contribution >= 4 is 15.9 Å². The van der Waals surface area contributed by atoms with Crippen molar-refractivity contribution in [2.45, 2.75) is 32.2 Å². The number of aromatic nitrogens is 1. The van der Waals surface area contributed by atoms with E-state index >= 15 is 0 Å². The Morgan fingerprint density at radius 3 is 2.81 bits per heavy atom. The average Bonchev–Trinajstić information content (AvgIpc) is 2.50. The lowest BCUT2D eigenvalue weighted by molar-refractivity contribution is 0.446. The van der Waals surface area contributed by atoms with Crippen molar-refractivity contribution in [3.05, 3.63) is 51.4 Å². The second-order valence-electron chi connectivity index (χ2n) is 5.15. The van der Waals surface area contributed by atoms with E-state index in [0.29, 0.717) is 22.6 Å². The van der Waals surface area contributed by atoms with Crippen LogP contribution in [0.4, 0.5) is 4.39 Å². The monoisotopic (exact) mass is 350 g/mol. The summed E-state index contributed by atoms with van der Waals surface area (Å²) in [6.07, 6.45) is 4.35. The van der Waals surface area contributed by atoms with Crippen LogP contribution in [0, 0.1) is 5.82 Å². The molecule has 0 fully saturated rings. The zero-order chi connectivity index (χ0) is 14.8. The summed E-state index contributed by atoms with van der Waals surface area (Å²) < 4.78 is 19.7. The highest BCUT2D eigenvalue weighted by atomic mass is 79.9. The van der Waals surface area contributed by atoms with Crippen LogP contribution in [-0.4, -0.2) is 4.98 Å². The number of ether oxygens (including phenoxy) is 1. The van der Waals surface area contributed by atoms with Gasteiger partial charge >= 0.3 is 0 Å². The average molecular weight is 351 g/mol. The Labute approximate surface area is 131 Å². The van der Waals surface area contributed by atoms with Crippen molar-refractivity contribution in [3.63, 3.8) is 0 Å². The molecular formula is C16H16BrFN2O. The standard InChI is InChI=1S/C16H16BrFN2O/c17-13-6-5-12(8-14(13)18)21-16-11(9-19)7-10-3-1-2-4-15(10)20-16/h5-8H,1-4,9,19H2. The molecule has 1 aliphatic rings. The summed E-state index contributed by atoms with van der Waals surface area (Å²) in [5.41, 5.74) is 8.99. The first-order valence-corrected chi connectivity index (χ1v) is 7.81. The van der Waals surface area contributed by atoms with Gasteiger partial charge in [0.1, 0.15) is 11.6 Å². The first-order valence-electron chi connectivity index (χ1n) is 7.02. The number of hydrogen-bond acceptors (Lipinski definition) is 3. The number of nitrogens with zero attached hydrogens (tertiary/aromatic N) is 1. The van der Waals surface area contributed by atoms with Crippen LogP contribution >= 0.6 is 15.9 Å². The number of halogens is 2. The number of hydrogen-bond donors (Lipinski definition) is 1. The summed E-state index contributed by atoms with van der Waals surface area (Å²) in [7, 11) is 0. The van der Waals surface area contributed by atoms with Crippen LogP contribution in [0.2, 0.25) is 0 Å². The Morgan fingerprint density at radius 1 is 1.24 bits per heavy atom. The molecule has 0 atom stereocenters. The summed E-state index contributed by atoms with van der Waals surface area (Å²) >= 11 is 3.13. The minimum absolute atomic E-state index is 0.356. The van der Waals surface area contributed by atoms with E-state index in [1.807, 2.05) is 0 Å². The van der Waals surface area contributed by atoms with E-state index in [9.17, 15) is 4.39 Å². The molecule has 0 saturated heterocycles. The molecule has 1 heterocycles. The molecule has 2 aromatic rings. The van der Waals surface area contributed by atoms with Gasteiger partial charge in [-0.3, -0.25) is 0 Å². The third-order valence-electron chi connectivity index (χ3n) is 3.67. The van der Waals surface area contributed by atoms with Gasteiger partial charge in [-0.15, -0.1) is 0 Å². The number of rotatable bonds is 3. The fourth-order valence-electron chi connectivity index (χ4n) is 2.55. The smallest absolute Gasteiger partial charge is 0.223 e. The summed E-state index contributed by atoms with van der Waals surface area (Å²) in [5.74, 6) is 0.549. The lowest BCUT2D eigenvalue weighted by Gasteiger charge is -2.18. The summed E-state index contributed by atoms with van der Waals surface area (Å²) in [5, 5.41) is 0. The van der Waals surface area contributed by atoms with E-state index in [1.165, 1.54) is 18.1 Å². The Kier molecular flexibility index (Phi) is 4.22. The molecule has 0 saturated carbocycles. The van der Waals surface area contributed by atoms with E-state index in [-0.39, 0.29) is 5.82 Å². The Hall–Kier alpha value is -1.46. The van der Waals surface area contributed by atoms with E-state index < -0.39 is 0 Å². The van der Waals surface area contributed by atoms with Crippen molar-refractivity contribution in [1.29, 1.82) is 0 Å². The summed E-state index contributed by atoms with van der Waals surface area (Å²) in [6.45, 7) is 0.356. The van der Waals surface area contributed by atoms with E-state index in [2.05, 4.69) is 27.0 Å². The highest BCUT2D eigenvalue weighted by molar-refractivity contribution is 9.10. The molecule has 3 rings (SSSR count). The second kappa shape index (κ2) is 6.12. The minimum Gasteiger partial charge on any atom is -0.439 e. The van der Waals surface area contributed by atoms with Gasteiger partial charge in [-0.25, -0.2) is 9.37 Å². The van der Waals surface area contributed by atoms with Crippen molar-refractivity contribution in [2.24, 2.45) is 5.73 Å². The molecular weight excluding hydrogens is 335 g/mol. The number of pyridine rings is 1. The van der Waals surface area contributed by atoms with Gasteiger partial charge in [-0.05, 0) is 65.4 Å². The molecule has 1 aromatic heterocycles. The van der Waals surface area contributed by atoms with Gasteiger partial charge in [0.05, 0.1) is 4.47 Å². The molecule has 3 nitrogen and oxygen atoms in total. The van der Waals surface area contributed by atoms with E-state index in [1.54, 1.807) is 12.1 Å². The predicted octanol–water partition coefficient (Wildman–Crippen LogP) is 4.11. The normalized spacial score (nSPS) is 13.9. The topological polar surface area (TPSA) is 48.1 Å². The van der Waals surface area contributed by atoms with Crippen molar-refractivity contribution in [2.75, 3.05) is 0 Å². The van der Waals surface area contributed by atoms with E-state index in [0.717, 1.165) is 30.5 Å². The van der Waals surface area contributed by atoms with E-state index in [4.69, 9.17) is 10.5 Å². The van der Waals surface area contributed by atoms with Gasteiger partial charge in [0.2, 0.25) is 5.88 Å².